The van der Waals surface area contributed by atoms with Crippen LogP contribution in [0.5, 0.6) is 5.75 Å². The van der Waals surface area contributed by atoms with E-state index in [4.69, 9.17) is 33.3 Å². The standard InChI is InChI=1S/C27H21BrClNO4S2/c1-2-33-26(32)24(18-6-4-3-5-7-18)30-25(31)23(36-27(30)35)15-19-14-20(28)10-13-22(19)34-16-17-8-11-21(29)12-9-17/h3-15,24H,2,16H2,1H3/b23-15+. The van der Waals surface area contributed by atoms with Crippen LogP contribution in [0.3, 0.4) is 0 Å². The fourth-order valence-electron chi connectivity index (χ4n) is 3.60. The predicted molar refractivity (Wildman–Crippen MR) is 151 cm³/mol. The van der Waals surface area contributed by atoms with E-state index in [0.29, 0.717) is 33.4 Å². The van der Waals surface area contributed by atoms with E-state index in [1.165, 1.54) is 4.90 Å². The number of hydrogen-bond acceptors (Lipinski definition) is 6. The fourth-order valence-corrected chi connectivity index (χ4v) is 5.40. The highest BCUT2D eigenvalue weighted by Gasteiger charge is 2.42. The van der Waals surface area contributed by atoms with Crippen molar-refractivity contribution < 1.29 is 19.1 Å². The SMILES string of the molecule is CCOC(=O)C(c1ccccc1)N1C(=O)/C(=C\c2cc(Br)ccc2OCc2ccc(Cl)cc2)SC1=S. The summed E-state index contributed by atoms with van der Waals surface area (Å²) in [4.78, 5) is 28.1. The molecular formula is C27H21BrClNO4S2. The molecule has 5 nitrogen and oxygen atoms in total. The van der Waals surface area contributed by atoms with Crippen LogP contribution in [0.15, 0.2) is 82.2 Å². The number of hydrogen-bond donors (Lipinski definition) is 0. The summed E-state index contributed by atoms with van der Waals surface area (Å²) in [5.74, 6) is -0.297. The summed E-state index contributed by atoms with van der Waals surface area (Å²) >= 11 is 16.1. The maximum absolute atomic E-state index is 13.5. The van der Waals surface area contributed by atoms with Gasteiger partial charge in [-0.25, -0.2) is 4.79 Å². The van der Waals surface area contributed by atoms with E-state index >= 15 is 0 Å². The molecule has 1 atom stereocenters. The monoisotopic (exact) mass is 601 g/mol. The van der Waals surface area contributed by atoms with Crippen molar-refractivity contribution in [1.29, 1.82) is 0 Å². The first-order valence-corrected chi connectivity index (χ1v) is 13.4. The van der Waals surface area contributed by atoms with Crippen molar-refractivity contribution in [2.45, 2.75) is 19.6 Å². The average molecular weight is 603 g/mol. The largest absolute Gasteiger partial charge is 0.488 e. The second kappa shape index (κ2) is 12.1. The van der Waals surface area contributed by atoms with Gasteiger partial charge in [0.1, 0.15) is 16.7 Å². The first kappa shape index (κ1) is 26.4. The Kier molecular flexibility index (Phi) is 8.85. The Balaban J connectivity index is 1.63. The molecule has 9 heteroatoms. The van der Waals surface area contributed by atoms with Crippen molar-refractivity contribution in [2.24, 2.45) is 0 Å². The summed E-state index contributed by atoms with van der Waals surface area (Å²) in [5, 5.41) is 0.654. The molecule has 0 N–H and O–H groups in total. The zero-order valence-electron chi connectivity index (χ0n) is 19.1. The number of thioether (sulfide) groups is 1. The van der Waals surface area contributed by atoms with Crippen molar-refractivity contribution in [2.75, 3.05) is 6.61 Å². The van der Waals surface area contributed by atoms with Gasteiger partial charge in [0.05, 0.1) is 11.5 Å². The Labute approximate surface area is 232 Å². The van der Waals surface area contributed by atoms with Gasteiger partial charge in [-0.1, -0.05) is 94.0 Å². The van der Waals surface area contributed by atoms with Crippen LogP contribution in [0.1, 0.15) is 29.7 Å². The van der Waals surface area contributed by atoms with Crippen LogP contribution >= 0.6 is 51.5 Å². The Bertz CT molecular complexity index is 1320. The highest BCUT2D eigenvalue weighted by molar-refractivity contribution is 9.10. The van der Waals surface area contributed by atoms with Gasteiger partial charge in [0.2, 0.25) is 0 Å². The van der Waals surface area contributed by atoms with Crippen LogP contribution in [0.2, 0.25) is 5.02 Å². The molecule has 0 spiro atoms. The molecule has 36 heavy (non-hydrogen) atoms. The number of carbonyl (C=O) groups is 2. The number of esters is 1. The molecule has 3 aromatic rings. The van der Waals surface area contributed by atoms with Crippen LogP contribution in [0.25, 0.3) is 6.08 Å². The highest BCUT2D eigenvalue weighted by Crippen LogP contribution is 2.40. The maximum Gasteiger partial charge on any atom is 0.333 e. The minimum Gasteiger partial charge on any atom is -0.488 e. The van der Waals surface area contributed by atoms with E-state index in [2.05, 4.69) is 15.9 Å². The number of thiocarbonyl (C=S) groups is 1. The Morgan fingerprint density at radius 1 is 1.14 bits per heavy atom. The summed E-state index contributed by atoms with van der Waals surface area (Å²) in [6.07, 6.45) is 1.73. The maximum atomic E-state index is 13.5. The van der Waals surface area contributed by atoms with Crippen LogP contribution in [0.4, 0.5) is 0 Å². The molecule has 0 bridgehead atoms. The van der Waals surface area contributed by atoms with E-state index in [9.17, 15) is 9.59 Å². The molecule has 1 fully saturated rings. The first-order chi connectivity index (χ1) is 17.4. The van der Waals surface area contributed by atoms with E-state index in [-0.39, 0.29) is 16.8 Å². The minimum atomic E-state index is -0.965. The molecule has 1 aliphatic rings. The van der Waals surface area contributed by atoms with Crippen molar-refractivity contribution in [3.63, 3.8) is 0 Å². The lowest BCUT2D eigenvalue weighted by Gasteiger charge is -2.25. The number of halogens is 2. The summed E-state index contributed by atoms with van der Waals surface area (Å²) in [6, 6.07) is 21.0. The van der Waals surface area contributed by atoms with Gasteiger partial charge in [0.25, 0.3) is 5.91 Å². The third-order valence-corrected chi connectivity index (χ3v) is 7.35. The lowest BCUT2D eigenvalue weighted by atomic mass is 10.1. The van der Waals surface area contributed by atoms with Gasteiger partial charge in [0, 0.05) is 15.1 Å². The Morgan fingerprint density at radius 3 is 2.56 bits per heavy atom. The molecule has 3 aromatic carbocycles. The fraction of sp³-hybridized carbons (Fsp3) is 0.148. The van der Waals surface area contributed by atoms with Crippen LogP contribution in [0, 0.1) is 0 Å². The average Bonchev–Trinajstić information content (AvgIpc) is 3.13. The van der Waals surface area contributed by atoms with Crippen molar-refractivity contribution >= 4 is 73.8 Å². The molecule has 184 valence electrons. The second-order valence-corrected chi connectivity index (χ2v) is 10.7. The number of benzene rings is 3. The number of carbonyl (C=O) groups excluding carboxylic acids is 2. The first-order valence-electron chi connectivity index (χ1n) is 11.0. The zero-order chi connectivity index (χ0) is 25.7. The number of amides is 1. The second-order valence-electron chi connectivity index (χ2n) is 7.71. The normalized spacial score (nSPS) is 15.3. The van der Waals surface area contributed by atoms with E-state index in [1.54, 1.807) is 49.4 Å². The Morgan fingerprint density at radius 2 is 1.86 bits per heavy atom. The molecule has 0 aliphatic carbocycles. The van der Waals surface area contributed by atoms with Crippen LogP contribution in [-0.2, 0) is 20.9 Å². The minimum absolute atomic E-state index is 0.194. The van der Waals surface area contributed by atoms with Crippen LogP contribution in [-0.4, -0.2) is 27.7 Å². The summed E-state index contributed by atoms with van der Waals surface area (Å²) in [7, 11) is 0. The molecule has 1 heterocycles. The van der Waals surface area contributed by atoms with Gasteiger partial charge in [-0.2, -0.15) is 0 Å². The summed E-state index contributed by atoms with van der Waals surface area (Å²) < 4.78 is 12.5. The van der Waals surface area contributed by atoms with Crippen molar-refractivity contribution in [1.82, 2.24) is 4.90 Å². The molecule has 1 aliphatic heterocycles. The van der Waals surface area contributed by atoms with Gasteiger partial charge in [0.15, 0.2) is 6.04 Å². The highest BCUT2D eigenvalue weighted by atomic mass is 79.9. The molecule has 0 aromatic heterocycles. The van der Waals surface area contributed by atoms with E-state index in [0.717, 1.165) is 21.8 Å². The lowest BCUT2D eigenvalue weighted by molar-refractivity contribution is -0.151. The van der Waals surface area contributed by atoms with Crippen molar-refractivity contribution in [3.8, 4) is 5.75 Å². The quantitative estimate of drug-likeness (QED) is 0.155. The molecule has 4 rings (SSSR count). The summed E-state index contributed by atoms with van der Waals surface area (Å²) in [6.45, 7) is 2.25. The summed E-state index contributed by atoms with van der Waals surface area (Å²) in [5.41, 5.74) is 2.29. The third kappa shape index (κ3) is 6.18. The molecule has 1 unspecified atom stereocenters. The zero-order valence-corrected chi connectivity index (χ0v) is 23.1. The van der Waals surface area contributed by atoms with Gasteiger partial charge in [-0.15, -0.1) is 0 Å². The van der Waals surface area contributed by atoms with Gasteiger partial charge in [-0.05, 0) is 54.5 Å². The van der Waals surface area contributed by atoms with Crippen LogP contribution < -0.4 is 4.74 Å². The lowest BCUT2D eigenvalue weighted by Crippen LogP contribution is -2.38. The van der Waals surface area contributed by atoms with E-state index in [1.807, 2.05) is 36.4 Å². The number of nitrogens with zero attached hydrogens (tertiary/aromatic N) is 1. The Hall–Kier alpha value is -2.65. The van der Waals surface area contributed by atoms with Gasteiger partial charge < -0.3 is 9.47 Å². The third-order valence-electron chi connectivity index (χ3n) is 5.27. The van der Waals surface area contributed by atoms with Gasteiger partial charge in [-0.3, -0.25) is 9.69 Å². The molecule has 0 saturated carbocycles. The van der Waals surface area contributed by atoms with Crippen molar-refractivity contribution in [3.05, 3.63) is 104 Å². The van der Waals surface area contributed by atoms with Gasteiger partial charge >= 0.3 is 5.97 Å². The predicted octanol–water partition coefficient (Wildman–Crippen LogP) is 7.19. The van der Waals surface area contributed by atoms with E-state index < -0.39 is 12.0 Å². The smallest absolute Gasteiger partial charge is 0.333 e. The number of rotatable bonds is 8. The molecule has 0 radical (unpaired) electrons. The number of ether oxygens (including phenoxy) is 2. The molecule has 1 saturated heterocycles. The molecular weight excluding hydrogens is 582 g/mol. The molecule has 1 amide bonds. The topological polar surface area (TPSA) is 55.8 Å².